The number of methoxy groups -OCH3 is 2. The minimum absolute atomic E-state index is 0.525. The summed E-state index contributed by atoms with van der Waals surface area (Å²) in [6, 6.07) is 6.63. The van der Waals surface area contributed by atoms with Gasteiger partial charge < -0.3 is 20.5 Å². The summed E-state index contributed by atoms with van der Waals surface area (Å²) in [4.78, 5) is 0. The Kier molecular flexibility index (Phi) is 7.30. The Bertz CT molecular complexity index is 369. The summed E-state index contributed by atoms with van der Waals surface area (Å²) >= 11 is 0. The summed E-state index contributed by atoms with van der Waals surface area (Å²) in [7, 11) is 5.33. The second-order valence-electron chi connectivity index (χ2n) is 4.64. The van der Waals surface area contributed by atoms with Crippen LogP contribution in [-0.4, -0.2) is 33.9 Å². The zero-order chi connectivity index (χ0) is 14.1. The molecule has 0 saturated heterocycles. The van der Waals surface area contributed by atoms with Crippen molar-refractivity contribution in [1.82, 2.24) is 5.32 Å². The van der Waals surface area contributed by atoms with Crippen LogP contribution in [0.3, 0.4) is 0 Å². The first-order valence-electron chi connectivity index (χ1n) is 6.83. The number of hydrogen-bond acceptors (Lipinski definition) is 4. The van der Waals surface area contributed by atoms with E-state index in [4.69, 9.17) is 15.2 Å². The topological polar surface area (TPSA) is 56.5 Å². The molecule has 1 aromatic rings. The molecule has 0 bridgehead atoms. The van der Waals surface area contributed by atoms with Crippen molar-refractivity contribution in [1.29, 1.82) is 0 Å². The van der Waals surface area contributed by atoms with Crippen molar-refractivity contribution < 1.29 is 9.47 Å². The summed E-state index contributed by atoms with van der Waals surface area (Å²) in [5, 5.41) is 3.35. The smallest absolute Gasteiger partial charge is 0.160 e. The number of rotatable bonds is 9. The molecule has 0 aliphatic carbocycles. The maximum atomic E-state index is 5.55. The number of nitrogens with two attached hydrogens (primary N) is 1. The molecule has 4 nitrogen and oxygen atoms in total. The van der Waals surface area contributed by atoms with E-state index >= 15 is 0 Å². The summed E-state index contributed by atoms with van der Waals surface area (Å²) in [6.45, 7) is 0.758. The highest BCUT2D eigenvalue weighted by Crippen LogP contribution is 2.28. The van der Waals surface area contributed by atoms with Crippen LogP contribution in [0.1, 0.15) is 24.8 Å². The molecule has 0 spiro atoms. The van der Waals surface area contributed by atoms with E-state index in [-0.39, 0.29) is 0 Å². The van der Waals surface area contributed by atoms with Gasteiger partial charge in [0.1, 0.15) is 0 Å². The van der Waals surface area contributed by atoms with E-state index in [1.165, 1.54) is 5.56 Å². The molecule has 0 amide bonds. The lowest BCUT2D eigenvalue weighted by Crippen LogP contribution is -2.26. The van der Waals surface area contributed by atoms with Gasteiger partial charge in [0, 0.05) is 6.04 Å². The van der Waals surface area contributed by atoms with Gasteiger partial charge in [0.15, 0.2) is 11.5 Å². The SMILES string of the molecule is CNC(CCCN)CCc1ccc(OC)c(OC)c1. The molecule has 1 unspecified atom stereocenters. The highest BCUT2D eigenvalue weighted by Gasteiger charge is 2.08. The zero-order valence-electron chi connectivity index (χ0n) is 12.2. The van der Waals surface area contributed by atoms with Crippen molar-refractivity contribution in [2.75, 3.05) is 27.8 Å². The molecule has 1 rings (SSSR count). The quantitative estimate of drug-likeness (QED) is 0.717. The van der Waals surface area contributed by atoms with Crippen LogP contribution >= 0.6 is 0 Å². The third-order valence-electron chi connectivity index (χ3n) is 3.39. The lowest BCUT2D eigenvalue weighted by molar-refractivity contribution is 0.354. The van der Waals surface area contributed by atoms with Crippen LogP contribution in [0.4, 0.5) is 0 Å². The largest absolute Gasteiger partial charge is 0.493 e. The second-order valence-corrected chi connectivity index (χ2v) is 4.64. The van der Waals surface area contributed by atoms with Gasteiger partial charge in [0.25, 0.3) is 0 Å². The average molecular weight is 266 g/mol. The summed E-state index contributed by atoms with van der Waals surface area (Å²) in [5.74, 6) is 1.57. The predicted molar refractivity (Wildman–Crippen MR) is 79.0 cm³/mol. The number of ether oxygens (including phenoxy) is 2. The number of aryl methyl sites for hydroxylation is 1. The predicted octanol–water partition coefficient (Wildman–Crippen LogP) is 1.96. The zero-order valence-corrected chi connectivity index (χ0v) is 12.2. The van der Waals surface area contributed by atoms with Crippen LogP contribution < -0.4 is 20.5 Å². The van der Waals surface area contributed by atoms with Crippen LogP contribution in [0.5, 0.6) is 11.5 Å². The molecule has 0 aliphatic rings. The van der Waals surface area contributed by atoms with E-state index in [2.05, 4.69) is 17.4 Å². The number of benzene rings is 1. The van der Waals surface area contributed by atoms with E-state index < -0.39 is 0 Å². The van der Waals surface area contributed by atoms with Gasteiger partial charge in [-0.05, 0) is 57.0 Å². The van der Waals surface area contributed by atoms with Crippen LogP contribution in [0.2, 0.25) is 0 Å². The third kappa shape index (κ3) is 5.09. The number of nitrogens with one attached hydrogen (secondary N) is 1. The van der Waals surface area contributed by atoms with Gasteiger partial charge in [-0.15, -0.1) is 0 Å². The van der Waals surface area contributed by atoms with Crippen LogP contribution in [0.15, 0.2) is 18.2 Å². The van der Waals surface area contributed by atoms with Crippen LogP contribution in [-0.2, 0) is 6.42 Å². The number of hydrogen-bond donors (Lipinski definition) is 2. The van der Waals surface area contributed by atoms with Crippen molar-refractivity contribution in [2.24, 2.45) is 5.73 Å². The first-order chi connectivity index (χ1) is 9.24. The van der Waals surface area contributed by atoms with Gasteiger partial charge in [-0.2, -0.15) is 0 Å². The van der Waals surface area contributed by atoms with Gasteiger partial charge in [0.05, 0.1) is 14.2 Å². The normalized spacial score (nSPS) is 12.2. The molecule has 0 heterocycles. The van der Waals surface area contributed by atoms with Gasteiger partial charge in [-0.3, -0.25) is 0 Å². The lowest BCUT2D eigenvalue weighted by atomic mass is 10.0. The fraction of sp³-hybridized carbons (Fsp3) is 0.600. The Hall–Kier alpha value is -1.26. The fourth-order valence-corrected chi connectivity index (χ4v) is 2.17. The standard InChI is InChI=1S/C15H26N2O2/c1-17-13(5-4-10-16)8-6-12-7-9-14(18-2)15(11-12)19-3/h7,9,11,13,17H,4-6,8,10,16H2,1-3H3. The average Bonchev–Trinajstić information content (AvgIpc) is 2.47. The Labute approximate surface area is 116 Å². The second kappa shape index (κ2) is 8.77. The van der Waals surface area contributed by atoms with Gasteiger partial charge in [-0.25, -0.2) is 0 Å². The maximum absolute atomic E-state index is 5.55. The fourth-order valence-electron chi connectivity index (χ4n) is 2.17. The van der Waals surface area contributed by atoms with Gasteiger partial charge in [0.2, 0.25) is 0 Å². The molecule has 0 aliphatic heterocycles. The molecule has 1 atom stereocenters. The van der Waals surface area contributed by atoms with Gasteiger partial charge >= 0.3 is 0 Å². The molecule has 19 heavy (non-hydrogen) atoms. The molecule has 1 aromatic carbocycles. The molecule has 4 heteroatoms. The van der Waals surface area contributed by atoms with Crippen molar-refractivity contribution in [2.45, 2.75) is 31.7 Å². The molecule has 108 valence electrons. The maximum Gasteiger partial charge on any atom is 0.160 e. The van der Waals surface area contributed by atoms with Crippen LogP contribution in [0, 0.1) is 0 Å². The van der Waals surface area contributed by atoms with E-state index in [1.807, 2.05) is 13.1 Å². The Morgan fingerprint density at radius 3 is 2.47 bits per heavy atom. The van der Waals surface area contributed by atoms with Crippen molar-refractivity contribution >= 4 is 0 Å². The minimum atomic E-state index is 0.525. The summed E-state index contributed by atoms with van der Waals surface area (Å²) < 4.78 is 10.6. The van der Waals surface area contributed by atoms with E-state index in [0.29, 0.717) is 6.04 Å². The van der Waals surface area contributed by atoms with Crippen molar-refractivity contribution in [3.05, 3.63) is 23.8 Å². The molecule has 0 fully saturated rings. The third-order valence-corrected chi connectivity index (χ3v) is 3.39. The van der Waals surface area contributed by atoms with E-state index in [1.54, 1.807) is 14.2 Å². The Morgan fingerprint density at radius 1 is 1.16 bits per heavy atom. The molecular weight excluding hydrogens is 240 g/mol. The minimum Gasteiger partial charge on any atom is -0.493 e. The van der Waals surface area contributed by atoms with E-state index in [0.717, 1.165) is 43.7 Å². The Morgan fingerprint density at radius 2 is 1.89 bits per heavy atom. The Balaban J connectivity index is 2.56. The lowest BCUT2D eigenvalue weighted by Gasteiger charge is -2.16. The first-order valence-corrected chi connectivity index (χ1v) is 6.83. The highest BCUT2D eigenvalue weighted by molar-refractivity contribution is 5.42. The molecule has 0 aromatic heterocycles. The van der Waals surface area contributed by atoms with Crippen molar-refractivity contribution in [3.8, 4) is 11.5 Å². The molecular formula is C15H26N2O2. The molecule has 0 saturated carbocycles. The first kappa shape index (κ1) is 15.8. The summed E-state index contributed by atoms with van der Waals surface area (Å²) in [5.41, 5.74) is 6.82. The van der Waals surface area contributed by atoms with Crippen molar-refractivity contribution in [3.63, 3.8) is 0 Å². The summed E-state index contributed by atoms with van der Waals surface area (Å²) in [6.07, 6.45) is 4.32. The monoisotopic (exact) mass is 266 g/mol. The van der Waals surface area contributed by atoms with Crippen LogP contribution in [0.25, 0.3) is 0 Å². The molecule has 0 radical (unpaired) electrons. The highest BCUT2D eigenvalue weighted by atomic mass is 16.5. The molecule has 3 N–H and O–H groups in total. The van der Waals surface area contributed by atoms with E-state index in [9.17, 15) is 0 Å². The van der Waals surface area contributed by atoms with Gasteiger partial charge in [-0.1, -0.05) is 6.07 Å².